The standard InChI is InChI=1S/C30H38O10/c1-3-5-7-15-21-37-27(33)29(35,39-25(31)23-17-11-9-12-18-23)30(36,28(34)38-22-16-8-6-4-2)40-26(32)24-19-13-10-14-20-24/h9-14,17-20,35-36H,3-8,15-16,21-22H2,1-2H3. The maximum atomic E-state index is 13.2. The second kappa shape index (κ2) is 16.4. The van der Waals surface area contributed by atoms with E-state index in [9.17, 15) is 29.4 Å². The number of hydrogen-bond donors (Lipinski definition) is 2. The van der Waals surface area contributed by atoms with Crippen molar-refractivity contribution < 1.29 is 48.3 Å². The van der Waals surface area contributed by atoms with Crippen LogP contribution in [0.25, 0.3) is 0 Å². The van der Waals surface area contributed by atoms with Crippen LogP contribution in [0, 0.1) is 0 Å². The quantitative estimate of drug-likeness (QED) is 0.125. The summed E-state index contributed by atoms with van der Waals surface area (Å²) in [5.41, 5.74) is -0.248. The Morgan fingerprint density at radius 2 is 0.925 bits per heavy atom. The lowest BCUT2D eigenvalue weighted by Gasteiger charge is -2.36. The first-order valence-electron chi connectivity index (χ1n) is 13.6. The van der Waals surface area contributed by atoms with Gasteiger partial charge < -0.3 is 29.2 Å². The van der Waals surface area contributed by atoms with Gasteiger partial charge in [-0.3, -0.25) is 0 Å². The molecule has 0 bridgehead atoms. The number of aliphatic hydroxyl groups is 2. The van der Waals surface area contributed by atoms with Gasteiger partial charge in [0, 0.05) is 0 Å². The van der Waals surface area contributed by atoms with Crippen LogP contribution in [0.5, 0.6) is 0 Å². The van der Waals surface area contributed by atoms with E-state index in [0.29, 0.717) is 25.7 Å². The van der Waals surface area contributed by atoms with E-state index in [1.165, 1.54) is 48.5 Å². The molecule has 0 fully saturated rings. The number of esters is 4. The molecule has 2 N–H and O–H groups in total. The summed E-state index contributed by atoms with van der Waals surface area (Å²) in [4.78, 5) is 52.4. The van der Waals surface area contributed by atoms with Crippen LogP contribution in [-0.2, 0) is 28.5 Å². The molecule has 0 spiro atoms. The Balaban J connectivity index is 2.46. The van der Waals surface area contributed by atoms with Crippen molar-refractivity contribution in [2.45, 2.75) is 76.8 Å². The van der Waals surface area contributed by atoms with E-state index in [4.69, 9.17) is 18.9 Å². The van der Waals surface area contributed by atoms with Gasteiger partial charge in [-0.25, -0.2) is 19.2 Å². The molecule has 0 aliphatic rings. The van der Waals surface area contributed by atoms with Gasteiger partial charge in [0.25, 0.3) is 0 Å². The van der Waals surface area contributed by atoms with Crippen molar-refractivity contribution in [1.29, 1.82) is 0 Å². The van der Waals surface area contributed by atoms with Crippen molar-refractivity contribution in [3.63, 3.8) is 0 Å². The fourth-order valence-corrected chi connectivity index (χ4v) is 3.62. The summed E-state index contributed by atoms with van der Waals surface area (Å²) < 4.78 is 20.3. The predicted octanol–water partition coefficient (Wildman–Crippen LogP) is 4.32. The summed E-state index contributed by atoms with van der Waals surface area (Å²) in [7, 11) is 0. The molecule has 0 saturated carbocycles. The van der Waals surface area contributed by atoms with Crippen LogP contribution in [-0.4, -0.2) is 58.9 Å². The minimum atomic E-state index is -3.81. The van der Waals surface area contributed by atoms with Gasteiger partial charge in [0.1, 0.15) is 0 Å². The van der Waals surface area contributed by atoms with Crippen LogP contribution in [0.4, 0.5) is 0 Å². The monoisotopic (exact) mass is 558 g/mol. The number of rotatable bonds is 17. The lowest BCUT2D eigenvalue weighted by Crippen LogP contribution is -2.68. The zero-order chi connectivity index (χ0) is 29.4. The Bertz CT molecular complexity index is 1000. The van der Waals surface area contributed by atoms with Crippen molar-refractivity contribution in [3.8, 4) is 0 Å². The van der Waals surface area contributed by atoms with E-state index in [0.717, 1.165) is 25.7 Å². The third kappa shape index (κ3) is 8.89. The van der Waals surface area contributed by atoms with Crippen molar-refractivity contribution in [3.05, 3.63) is 71.8 Å². The average molecular weight is 559 g/mol. The average Bonchev–Trinajstić information content (AvgIpc) is 2.97. The van der Waals surface area contributed by atoms with Gasteiger partial charge in [0.15, 0.2) is 0 Å². The number of hydrogen-bond acceptors (Lipinski definition) is 10. The number of ether oxygens (including phenoxy) is 4. The molecule has 2 unspecified atom stereocenters. The summed E-state index contributed by atoms with van der Waals surface area (Å²) in [6.07, 6.45) is 5.70. The molecule has 0 heterocycles. The maximum Gasteiger partial charge on any atom is 0.389 e. The predicted molar refractivity (Wildman–Crippen MR) is 144 cm³/mol. The van der Waals surface area contributed by atoms with Crippen LogP contribution in [0.15, 0.2) is 60.7 Å². The molecule has 10 nitrogen and oxygen atoms in total. The first-order valence-corrected chi connectivity index (χ1v) is 13.6. The first kappa shape index (κ1) is 32.5. The highest BCUT2D eigenvalue weighted by Gasteiger charge is 2.70. The lowest BCUT2D eigenvalue weighted by atomic mass is 10.0. The van der Waals surface area contributed by atoms with Gasteiger partial charge in [0.2, 0.25) is 0 Å². The Labute approximate surface area is 234 Å². The molecule has 2 atom stereocenters. The molecule has 0 aromatic heterocycles. The largest absolute Gasteiger partial charge is 0.461 e. The molecule has 2 aromatic carbocycles. The zero-order valence-electron chi connectivity index (χ0n) is 23.0. The van der Waals surface area contributed by atoms with Crippen LogP contribution in [0.3, 0.4) is 0 Å². The number of carbonyl (C=O) groups excluding carboxylic acids is 4. The van der Waals surface area contributed by atoms with Crippen LogP contribution in [0.1, 0.15) is 85.9 Å². The van der Waals surface area contributed by atoms with E-state index in [1.807, 2.05) is 13.8 Å². The third-order valence-electron chi connectivity index (χ3n) is 5.97. The lowest BCUT2D eigenvalue weighted by molar-refractivity contribution is -0.331. The maximum absolute atomic E-state index is 13.2. The fourth-order valence-electron chi connectivity index (χ4n) is 3.62. The molecule has 218 valence electrons. The van der Waals surface area contributed by atoms with E-state index >= 15 is 0 Å². The summed E-state index contributed by atoms with van der Waals surface area (Å²) in [6, 6.07) is 14.5. The Hall–Kier alpha value is -3.76. The summed E-state index contributed by atoms with van der Waals surface area (Å²) >= 11 is 0. The minimum absolute atomic E-state index is 0.124. The minimum Gasteiger partial charge on any atom is -0.461 e. The first-order chi connectivity index (χ1) is 19.2. The second-order valence-corrected chi connectivity index (χ2v) is 9.19. The Kier molecular flexibility index (Phi) is 13.3. The van der Waals surface area contributed by atoms with Crippen LogP contribution >= 0.6 is 0 Å². The molecule has 2 rings (SSSR count). The van der Waals surface area contributed by atoms with Gasteiger partial charge in [-0.1, -0.05) is 88.8 Å². The van der Waals surface area contributed by atoms with Gasteiger partial charge in [-0.05, 0) is 37.1 Å². The van der Waals surface area contributed by atoms with Crippen molar-refractivity contribution in [1.82, 2.24) is 0 Å². The van der Waals surface area contributed by atoms with Gasteiger partial charge in [-0.2, -0.15) is 0 Å². The number of carbonyl (C=O) groups is 4. The van der Waals surface area contributed by atoms with Crippen molar-refractivity contribution >= 4 is 23.9 Å². The molecule has 0 aliphatic heterocycles. The molecule has 2 aromatic rings. The zero-order valence-corrected chi connectivity index (χ0v) is 23.0. The number of unbranched alkanes of at least 4 members (excludes halogenated alkanes) is 6. The van der Waals surface area contributed by atoms with Gasteiger partial charge in [0.05, 0.1) is 24.3 Å². The summed E-state index contributed by atoms with van der Waals surface area (Å²) in [6.45, 7) is 3.53. The fraction of sp³-hybridized carbons (Fsp3) is 0.467. The summed E-state index contributed by atoms with van der Waals surface area (Å²) in [5, 5.41) is 23.0. The number of benzene rings is 2. The van der Waals surface area contributed by atoms with Gasteiger partial charge >= 0.3 is 35.5 Å². The smallest absolute Gasteiger partial charge is 0.389 e. The van der Waals surface area contributed by atoms with E-state index in [-0.39, 0.29) is 24.3 Å². The second-order valence-electron chi connectivity index (χ2n) is 9.19. The third-order valence-corrected chi connectivity index (χ3v) is 5.97. The molecular formula is C30H38O10. The highest BCUT2D eigenvalue weighted by atomic mass is 16.8. The van der Waals surface area contributed by atoms with Gasteiger partial charge in [-0.15, -0.1) is 0 Å². The van der Waals surface area contributed by atoms with E-state index < -0.39 is 35.5 Å². The molecule has 0 aliphatic carbocycles. The topological polar surface area (TPSA) is 146 Å². The SMILES string of the molecule is CCCCCCOC(=O)C(O)(OC(=O)c1ccccc1)C(O)(OC(=O)c1ccccc1)C(=O)OCCCCCC. The highest BCUT2D eigenvalue weighted by Crippen LogP contribution is 2.32. The molecule has 0 saturated heterocycles. The van der Waals surface area contributed by atoms with Crippen molar-refractivity contribution in [2.75, 3.05) is 13.2 Å². The molecular weight excluding hydrogens is 520 g/mol. The normalized spacial score (nSPS) is 13.8. The Morgan fingerprint density at radius 3 is 1.25 bits per heavy atom. The van der Waals surface area contributed by atoms with Crippen LogP contribution in [0.2, 0.25) is 0 Å². The highest BCUT2D eigenvalue weighted by molar-refractivity contribution is 5.98. The molecule has 0 amide bonds. The molecule has 10 heteroatoms. The van der Waals surface area contributed by atoms with Crippen LogP contribution < -0.4 is 0 Å². The summed E-state index contributed by atoms with van der Waals surface area (Å²) in [5.74, 6) is -13.6. The Morgan fingerprint density at radius 1 is 0.575 bits per heavy atom. The van der Waals surface area contributed by atoms with E-state index in [2.05, 4.69) is 0 Å². The molecule has 0 radical (unpaired) electrons. The molecule has 40 heavy (non-hydrogen) atoms. The van der Waals surface area contributed by atoms with E-state index in [1.54, 1.807) is 12.1 Å². The van der Waals surface area contributed by atoms with Crippen molar-refractivity contribution in [2.24, 2.45) is 0 Å².